The van der Waals surface area contributed by atoms with E-state index in [0.29, 0.717) is 0 Å². The molecule has 1 aliphatic rings. The SMILES string of the molecule is C.CN1CCCCc2ccccc21. The number of aryl methyl sites for hydroxylation is 1. The Labute approximate surface area is 81.4 Å². The Bertz CT molecular complexity index is 268. The highest BCUT2D eigenvalue weighted by Gasteiger charge is 2.09. The van der Waals surface area contributed by atoms with Crippen LogP contribution in [0.3, 0.4) is 0 Å². The molecular formula is C12H19N. The molecule has 0 bridgehead atoms. The molecule has 0 aromatic heterocycles. The maximum Gasteiger partial charge on any atom is 0.0396 e. The first-order chi connectivity index (χ1) is 5.88. The van der Waals surface area contributed by atoms with Gasteiger partial charge in [-0.3, -0.25) is 0 Å². The van der Waals surface area contributed by atoms with E-state index in [4.69, 9.17) is 0 Å². The molecule has 0 atom stereocenters. The summed E-state index contributed by atoms with van der Waals surface area (Å²) in [6.45, 7) is 1.21. The van der Waals surface area contributed by atoms with Gasteiger partial charge in [-0.15, -0.1) is 0 Å². The van der Waals surface area contributed by atoms with Crippen molar-refractivity contribution in [3.63, 3.8) is 0 Å². The van der Waals surface area contributed by atoms with Crippen molar-refractivity contribution < 1.29 is 0 Å². The third-order valence-corrected chi connectivity index (χ3v) is 2.59. The maximum absolute atomic E-state index is 2.36. The smallest absolute Gasteiger partial charge is 0.0396 e. The predicted octanol–water partition coefficient (Wildman–Crippen LogP) is 3.10. The van der Waals surface area contributed by atoms with Gasteiger partial charge in [0.25, 0.3) is 0 Å². The van der Waals surface area contributed by atoms with Gasteiger partial charge in [0.15, 0.2) is 0 Å². The maximum atomic E-state index is 2.36. The molecule has 2 rings (SSSR count). The molecular weight excluding hydrogens is 158 g/mol. The fourth-order valence-corrected chi connectivity index (χ4v) is 1.88. The van der Waals surface area contributed by atoms with Gasteiger partial charge >= 0.3 is 0 Å². The van der Waals surface area contributed by atoms with E-state index in [1.165, 1.54) is 37.1 Å². The van der Waals surface area contributed by atoms with Crippen molar-refractivity contribution in [2.24, 2.45) is 0 Å². The molecule has 1 aromatic carbocycles. The van der Waals surface area contributed by atoms with Gasteiger partial charge in [-0.1, -0.05) is 25.6 Å². The van der Waals surface area contributed by atoms with Crippen molar-refractivity contribution in [3.8, 4) is 0 Å². The van der Waals surface area contributed by atoms with Gasteiger partial charge in [0.1, 0.15) is 0 Å². The standard InChI is InChI=1S/C11H15N.CH4/c1-12-9-5-4-7-10-6-2-3-8-11(10)12;/h2-3,6,8H,4-5,7,9H2,1H3;1H4. The molecule has 1 heterocycles. The Morgan fingerprint density at radius 1 is 1.15 bits per heavy atom. The Morgan fingerprint density at radius 3 is 2.77 bits per heavy atom. The van der Waals surface area contributed by atoms with Crippen LogP contribution in [-0.2, 0) is 6.42 Å². The van der Waals surface area contributed by atoms with E-state index < -0.39 is 0 Å². The molecule has 0 N–H and O–H groups in total. The summed E-state index contributed by atoms with van der Waals surface area (Å²) >= 11 is 0. The summed E-state index contributed by atoms with van der Waals surface area (Å²) in [5.74, 6) is 0. The van der Waals surface area contributed by atoms with Crippen molar-refractivity contribution in [3.05, 3.63) is 29.8 Å². The number of benzene rings is 1. The minimum Gasteiger partial charge on any atom is -0.374 e. The molecule has 1 aromatic rings. The van der Waals surface area contributed by atoms with Crippen LogP contribution in [0.15, 0.2) is 24.3 Å². The van der Waals surface area contributed by atoms with E-state index >= 15 is 0 Å². The molecule has 0 unspecified atom stereocenters. The summed E-state index contributed by atoms with van der Waals surface area (Å²) in [6.07, 6.45) is 3.91. The summed E-state index contributed by atoms with van der Waals surface area (Å²) in [6, 6.07) is 8.73. The summed E-state index contributed by atoms with van der Waals surface area (Å²) in [4.78, 5) is 2.36. The number of fused-ring (bicyclic) bond motifs is 1. The van der Waals surface area contributed by atoms with Gasteiger partial charge in [-0.2, -0.15) is 0 Å². The second kappa shape index (κ2) is 4.31. The van der Waals surface area contributed by atoms with Crippen LogP contribution in [0.2, 0.25) is 0 Å². The van der Waals surface area contributed by atoms with Crippen molar-refractivity contribution >= 4 is 5.69 Å². The Balaban J connectivity index is 0.000000845. The average Bonchev–Trinajstić information content (AvgIpc) is 2.29. The van der Waals surface area contributed by atoms with E-state index in [1.807, 2.05) is 0 Å². The second-order valence-corrected chi connectivity index (χ2v) is 3.51. The van der Waals surface area contributed by atoms with Crippen LogP contribution in [0.4, 0.5) is 5.69 Å². The zero-order chi connectivity index (χ0) is 8.39. The number of anilines is 1. The van der Waals surface area contributed by atoms with Gasteiger partial charge in [-0.05, 0) is 30.9 Å². The van der Waals surface area contributed by atoms with Crippen molar-refractivity contribution in [1.82, 2.24) is 0 Å². The van der Waals surface area contributed by atoms with Gasteiger partial charge in [0.2, 0.25) is 0 Å². The molecule has 0 spiro atoms. The molecule has 0 fully saturated rings. The molecule has 72 valence electrons. The van der Waals surface area contributed by atoms with E-state index in [1.54, 1.807) is 0 Å². The number of rotatable bonds is 0. The first-order valence-electron chi connectivity index (χ1n) is 4.67. The number of nitrogens with zero attached hydrogens (tertiary/aromatic N) is 1. The van der Waals surface area contributed by atoms with Crippen molar-refractivity contribution in [2.45, 2.75) is 26.7 Å². The molecule has 1 nitrogen and oxygen atoms in total. The Hall–Kier alpha value is -0.980. The third-order valence-electron chi connectivity index (χ3n) is 2.59. The fraction of sp³-hybridized carbons (Fsp3) is 0.500. The predicted molar refractivity (Wildman–Crippen MR) is 59.4 cm³/mol. The van der Waals surface area contributed by atoms with Crippen molar-refractivity contribution in [2.75, 3.05) is 18.5 Å². The minimum absolute atomic E-state index is 0. The van der Waals surface area contributed by atoms with Crippen LogP contribution in [0.5, 0.6) is 0 Å². The molecule has 13 heavy (non-hydrogen) atoms. The lowest BCUT2D eigenvalue weighted by Gasteiger charge is -2.18. The summed E-state index contributed by atoms with van der Waals surface area (Å²) in [7, 11) is 2.18. The van der Waals surface area contributed by atoms with Gasteiger partial charge in [0.05, 0.1) is 0 Å². The van der Waals surface area contributed by atoms with Gasteiger partial charge in [-0.25, -0.2) is 0 Å². The number of para-hydroxylation sites is 1. The molecule has 1 aliphatic heterocycles. The average molecular weight is 177 g/mol. The van der Waals surface area contributed by atoms with Crippen LogP contribution in [0.25, 0.3) is 0 Å². The summed E-state index contributed by atoms with van der Waals surface area (Å²) < 4.78 is 0. The lowest BCUT2D eigenvalue weighted by atomic mass is 10.1. The number of hydrogen-bond acceptors (Lipinski definition) is 1. The minimum atomic E-state index is 0. The first-order valence-corrected chi connectivity index (χ1v) is 4.67. The molecule has 0 amide bonds. The van der Waals surface area contributed by atoms with Crippen LogP contribution >= 0.6 is 0 Å². The quantitative estimate of drug-likeness (QED) is 0.588. The lowest BCUT2D eigenvalue weighted by molar-refractivity contribution is 0.750. The summed E-state index contributed by atoms with van der Waals surface area (Å²) in [5.41, 5.74) is 2.94. The summed E-state index contributed by atoms with van der Waals surface area (Å²) in [5, 5.41) is 0. The number of hydrogen-bond donors (Lipinski definition) is 0. The Morgan fingerprint density at radius 2 is 1.92 bits per heavy atom. The van der Waals surface area contributed by atoms with Gasteiger partial charge in [0, 0.05) is 19.3 Å². The van der Waals surface area contributed by atoms with E-state index in [9.17, 15) is 0 Å². The highest BCUT2D eigenvalue weighted by molar-refractivity contribution is 5.53. The Kier molecular flexibility index (Phi) is 3.35. The first kappa shape index (κ1) is 10.1. The zero-order valence-corrected chi connectivity index (χ0v) is 7.59. The van der Waals surface area contributed by atoms with E-state index in [0.717, 1.165) is 0 Å². The second-order valence-electron chi connectivity index (χ2n) is 3.51. The normalized spacial score (nSPS) is 15.6. The lowest BCUT2D eigenvalue weighted by Crippen LogP contribution is -2.17. The van der Waals surface area contributed by atoms with Crippen LogP contribution < -0.4 is 4.90 Å². The fourth-order valence-electron chi connectivity index (χ4n) is 1.88. The van der Waals surface area contributed by atoms with E-state index in [2.05, 4.69) is 36.2 Å². The largest absolute Gasteiger partial charge is 0.374 e. The van der Waals surface area contributed by atoms with Crippen LogP contribution in [0.1, 0.15) is 25.8 Å². The zero-order valence-electron chi connectivity index (χ0n) is 7.59. The molecule has 0 saturated heterocycles. The van der Waals surface area contributed by atoms with Crippen LogP contribution in [0, 0.1) is 0 Å². The topological polar surface area (TPSA) is 3.24 Å². The van der Waals surface area contributed by atoms with Crippen LogP contribution in [-0.4, -0.2) is 13.6 Å². The highest BCUT2D eigenvalue weighted by Crippen LogP contribution is 2.24. The molecule has 1 heteroatoms. The van der Waals surface area contributed by atoms with Crippen molar-refractivity contribution in [1.29, 1.82) is 0 Å². The third kappa shape index (κ3) is 2.03. The highest BCUT2D eigenvalue weighted by atomic mass is 15.1. The molecule has 0 aliphatic carbocycles. The van der Waals surface area contributed by atoms with E-state index in [-0.39, 0.29) is 7.43 Å². The monoisotopic (exact) mass is 177 g/mol. The molecule has 0 saturated carbocycles. The van der Waals surface area contributed by atoms with Gasteiger partial charge < -0.3 is 4.90 Å². The molecule has 0 radical (unpaired) electrons.